The van der Waals surface area contributed by atoms with E-state index in [-0.39, 0.29) is 12.1 Å². The molecule has 0 spiro atoms. The zero-order valence-electron chi connectivity index (χ0n) is 15.8. The summed E-state index contributed by atoms with van der Waals surface area (Å²) in [5, 5.41) is 3.08. The first kappa shape index (κ1) is 17.5. The molecule has 3 N–H and O–H groups in total. The highest BCUT2D eigenvalue weighted by atomic mass is 16.5. The number of ether oxygens (including phenoxy) is 3. The van der Waals surface area contributed by atoms with Crippen LogP contribution in [-0.4, -0.2) is 37.3 Å². The fourth-order valence-electron chi connectivity index (χ4n) is 3.49. The van der Waals surface area contributed by atoms with Gasteiger partial charge in [-0.3, -0.25) is 0 Å². The summed E-state index contributed by atoms with van der Waals surface area (Å²) >= 11 is 0. The molecule has 4 rings (SSSR count). The smallest absolute Gasteiger partial charge is 0.221 e. The van der Waals surface area contributed by atoms with Crippen molar-refractivity contribution in [3.05, 3.63) is 35.0 Å². The van der Waals surface area contributed by atoms with Crippen molar-refractivity contribution in [1.29, 1.82) is 0 Å². The Labute approximate surface area is 158 Å². The molecule has 7 nitrogen and oxygen atoms in total. The number of anilines is 2. The molecule has 1 fully saturated rings. The maximum absolute atomic E-state index is 6.32. The number of nitrogens with two attached hydrogens (primary N) is 1. The molecule has 1 aromatic carbocycles. The van der Waals surface area contributed by atoms with Crippen molar-refractivity contribution >= 4 is 17.8 Å². The Kier molecular flexibility index (Phi) is 4.51. The number of hydrogen-bond acceptors (Lipinski definition) is 7. The molecule has 1 saturated carbocycles. The summed E-state index contributed by atoms with van der Waals surface area (Å²) < 4.78 is 17.5. The predicted molar refractivity (Wildman–Crippen MR) is 105 cm³/mol. The largest absolute Gasteiger partial charge is 0.493 e. The molecule has 2 heterocycles. The van der Waals surface area contributed by atoms with Crippen molar-refractivity contribution in [2.24, 2.45) is 5.92 Å². The van der Waals surface area contributed by atoms with E-state index in [1.807, 2.05) is 13.1 Å². The Morgan fingerprint density at radius 2 is 2.07 bits per heavy atom. The van der Waals surface area contributed by atoms with Crippen LogP contribution in [0.3, 0.4) is 0 Å². The van der Waals surface area contributed by atoms with Crippen molar-refractivity contribution < 1.29 is 14.2 Å². The minimum Gasteiger partial charge on any atom is -0.493 e. The van der Waals surface area contributed by atoms with Gasteiger partial charge >= 0.3 is 0 Å². The number of methoxy groups -OCH3 is 2. The van der Waals surface area contributed by atoms with Crippen LogP contribution in [0.25, 0.3) is 6.08 Å². The van der Waals surface area contributed by atoms with Crippen molar-refractivity contribution in [2.75, 3.05) is 32.3 Å². The number of nitrogen functional groups attached to an aromatic ring is 1. The van der Waals surface area contributed by atoms with Crippen molar-refractivity contribution in [3.63, 3.8) is 0 Å². The first-order valence-corrected chi connectivity index (χ1v) is 9.06. The van der Waals surface area contributed by atoms with Crippen LogP contribution < -0.4 is 25.3 Å². The summed E-state index contributed by atoms with van der Waals surface area (Å²) in [7, 11) is 5.09. The van der Waals surface area contributed by atoms with E-state index < -0.39 is 0 Å². The Bertz CT molecular complexity index is 893. The second-order valence-corrected chi connectivity index (χ2v) is 6.82. The summed E-state index contributed by atoms with van der Waals surface area (Å²) in [6.07, 6.45) is 9.15. The molecule has 0 radical (unpaired) electrons. The summed E-state index contributed by atoms with van der Waals surface area (Å²) in [5.74, 6) is 3.58. The SMILES string of the molecule is CNc1nc(N)ncc1Cc1cc(OC)c(OC)c2c1C=CC(C1CC1)O2. The van der Waals surface area contributed by atoms with Gasteiger partial charge in [0.1, 0.15) is 11.9 Å². The van der Waals surface area contributed by atoms with E-state index in [0.717, 1.165) is 22.4 Å². The zero-order valence-corrected chi connectivity index (χ0v) is 15.8. The highest BCUT2D eigenvalue weighted by Crippen LogP contribution is 2.48. The lowest BCUT2D eigenvalue weighted by molar-refractivity contribution is 0.209. The molecule has 1 unspecified atom stereocenters. The van der Waals surface area contributed by atoms with Gasteiger partial charge in [0, 0.05) is 30.8 Å². The molecule has 1 aliphatic heterocycles. The van der Waals surface area contributed by atoms with Crippen LogP contribution in [0.15, 0.2) is 18.3 Å². The number of aromatic nitrogens is 2. The lowest BCUT2D eigenvalue weighted by Crippen LogP contribution is -2.20. The van der Waals surface area contributed by atoms with Gasteiger partial charge in [-0.25, -0.2) is 4.98 Å². The van der Waals surface area contributed by atoms with E-state index in [0.29, 0.717) is 29.7 Å². The van der Waals surface area contributed by atoms with Crippen LogP contribution >= 0.6 is 0 Å². The Morgan fingerprint density at radius 3 is 2.74 bits per heavy atom. The van der Waals surface area contributed by atoms with Crippen LogP contribution in [0.1, 0.15) is 29.5 Å². The molecule has 2 aromatic rings. The van der Waals surface area contributed by atoms with Crippen molar-refractivity contribution in [1.82, 2.24) is 9.97 Å². The second kappa shape index (κ2) is 6.98. The van der Waals surface area contributed by atoms with E-state index in [4.69, 9.17) is 19.9 Å². The summed E-state index contributed by atoms with van der Waals surface area (Å²) in [6, 6.07) is 1.98. The number of fused-ring (bicyclic) bond motifs is 1. The van der Waals surface area contributed by atoms with E-state index in [1.165, 1.54) is 12.8 Å². The average molecular weight is 368 g/mol. The van der Waals surface area contributed by atoms with Crippen molar-refractivity contribution in [3.8, 4) is 17.2 Å². The summed E-state index contributed by atoms with van der Waals surface area (Å²) in [5.41, 5.74) is 8.71. The lowest BCUT2D eigenvalue weighted by Gasteiger charge is -2.26. The van der Waals surface area contributed by atoms with Crippen molar-refractivity contribution in [2.45, 2.75) is 25.4 Å². The van der Waals surface area contributed by atoms with Gasteiger partial charge in [0.05, 0.1) is 14.2 Å². The zero-order chi connectivity index (χ0) is 19.0. The number of nitrogens with one attached hydrogen (secondary N) is 1. The quantitative estimate of drug-likeness (QED) is 0.810. The second-order valence-electron chi connectivity index (χ2n) is 6.82. The molecule has 1 aromatic heterocycles. The maximum atomic E-state index is 6.32. The minimum atomic E-state index is 0.0964. The molecule has 0 saturated heterocycles. The number of rotatable bonds is 6. The first-order chi connectivity index (χ1) is 13.1. The molecule has 0 amide bonds. The molecular formula is C20H24N4O3. The summed E-state index contributed by atoms with van der Waals surface area (Å²) in [6.45, 7) is 0. The van der Waals surface area contributed by atoms with Gasteiger partial charge in [0.2, 0.25) is 11.7 Å². The van der Waals surface area contributed by atoms with Crippen LogP contribution in [0.4, 0.5) is 11.8 Å². The van der Waals surface area contributed by atoms with E-state index in [2.05, 4.69) is 27.4 Å². The van der Waals surface area contributed by atoms with E-state index >= 15 is 0 Å². The van der Waals surface area contributed by atoms with E-state index in [1.54, 1.807) is 20.4 Å². The standard InChI is InChI=1S/C20H24N4O3/c1-22-19-13(10-23-20(21)24-19)8-12-9-16(25-2)18(26-3)17-14(12)6-7-15(27-17)11-4-5-11/h6-7,9-11,15H,4-5,8H2,1-3H3,(H3,21,22,23,24). The molecule has 7 heteroatoms. The third kappa shape index (κ3) is 3.25. The first-order valence-electron chi connectivity index (χ1n) is 9.06. The van der Waals surface area contributed by atoms with Gasteiger partial charge in [-0.15, -0.1) is 0 Å². The number of nitrogens with zero attached hydrogens (tertiary/aromatic N) is 2. The highest BCUT2D eigenvalue weighted by molar-refractivity contribution is 5.72. The van der Waals surface area contributed by atoms with Gasteiger partial charge in [-0.05, 0) is 36.5 Å². The normalized spacial score (nSPS) is 17.8. The number of benzene rings is 1. The molecule has 2 aliphatic rings. The lowest BCUT2D eigenvalue weighted by atomic mass is 9.96. The Morgan fingerprint density at radius 1 is 1.26 bits per heavy atom. The van der Waals surface area contributed by atoms with Gasteiger partial charge in [0.25, 0.3) is 0 Å². The molecule has 0 bridgehead atoms. The Hall–Kier alpha value is -2.96. The maximum Gasteiger partial charge on any atom is 0.221 e. The minimum absolute atomic E-state index is 0.0964. The molecule has 1 aliphatic carbocycles. The fraction of sp³-hybridized carbons (Fsp3) is 0.400. The van der Waals surface area contributed by atoms with Gasteiger partial charge in [0.15, 0.2) is 11.5 Å². The predicted octanol–water partition coefficient (Wildman–Crippen LogP) is 2.89. The van der Waals surface area contributed by atoms with Gasteiger partial charge in [-0.1, -0.05) is 6.08 Å². The topological polar surface area (TPSA) is 91.5 Å². The molecule has 142 valence electrons. The van der Waals surface area contributed by atoms with E-state index in [9.17, 15) is 0 Å². The fourth-order valence-corrected chi connectivity index (χ4v) is 3.49. The molecule has 27 heavy (non-hydrogen) atoms. The Balaban J connectivity index is 1.78. The third-order valence-electron chi connectivity index (χ3n) is 5.04. The monoisotopic (exact) mass is 368 g/mol. The van der Waals surface area contributed by atoms with Crippen LogP contribution in [0.5, 0.6) is 17.2 Å². The third-order valence-corrected chi connectivity index (χ3v) is 5.04. The van der Waals surface area contributed by atoms with Crippen LogP contribution in [-0.2, 0) is 6.42 Å². The number of hydrogen-bond donors (Lipinski definition) is 2. The van der Waals surface area contributed by atoms with Gasteiger partial charge in [-0.2, -0.15) is 4.98 Å². The van der Waals surface area contributed by atoms with Crippen LogP contribution in [0, 0.1) is 5.92 Å². The average Bonchev–Trinajstić information content (AvgIpc) is 3.53. The van der Waals surface area contributed by atoms with Gasteiger partial charge < -0.3 is 25.3 Å². The highest BCUT2D eigenvalue weighted by Gasteiger charge is 2.35. The van der Waals surface area contributed by atoms with Crippen LogP contribution in [0.2, 0.25) is 0 Å². The molecule has 1 atom stereocenters. The molecular weight excluding hydrogens is 344 g/mol. The summed E-state index contributed by atoms with van der Waals surface area (Å²) in [4.78, 5) is 8.41.